The molecule has 0 aliphatic carbocycles. The van der Waals surface area contributed by atoms with Gasteiger partial charge in [-0.3, -0.25) is 0 Å². The van der Waals surface area contributed by atoms with E-state index in [4.69, 9.17) is 5.11 Å². The van der Waals surface area contributed by atoms with E-state index >= 15 is 0 Å². The minimum absolute atomic E-state index is 0.900. The normalized spacial score (nSPS) is 11.0. The van der Waals surface area contributed by atoms with Crippen LogP contribution in [0.4, 0.5) is 5.69 Å². The number of rotatable bonds is 6. The average Bonchev–Trinajstić information content (AvgIpc) is 2.96. The highest BCUT2D eigenvalue weighted by atomic mass is 32.1. The fourth-order valence-electron chi connectivity index (χ4n) is 2.17. The number of benzene rings is 1. The summed E-state index contributed by atoms with van der Waals surface area (Å²) in [7, 11) is 2.04. The van der Waals surface area contributed by atoms with Crippen LogP contribution in [-0.4, -0.2) is 24.7 Å². The summed E-state index contributed by atoms with van der Waals surface area (Å²) in [5.41, 5.74) is 3.11. The van der Waals surface area contributed by atoms with Crippen LogP contribution in [0.3, 0.4) is 0 Å². The molecule has 2 rings (SSSR count). The van der Waals surface area contributed by atoms with Crippen molar-refractivity contribution in [2.75, 3.05) is 18.5 Å². The molecule has 0 saturated heterocycles. The third kappa shape index (κ3) is 4.46. The van der Waals surface area contributed by atoms with Crippen molar-refractivity contribution < 1.29 is 9.90 Å². The van der Waals surface area contributed by atoms with Crippen LogP contribution >= 0.6 is 11.3 Å². The fraction of sp³-hybridized carbons (Fsp3) is 0.235. The Bertz CT molecular complexity index is 632. The van der Waals surface area contributed by atoms with Crippen molar-refractivity contribution >= 4 is 29.1 Å². The number of nitrogens with zero attached hydrogens (tertiary/aromatic N) is 1. The van der Waals surface area contributed by atoms with Crippen molar-refractivity contribution in [2.45, 2.75) is 13.3 Å². The predicted molar refractivity (Wildman–Crippen MR) is 89.1 cm³/mol. The second kappa shape index (κ2) is 7.09. The molecule has 2 aromatic rings. The van der Waals surface area contributed by atoms with Crippen molar-refractivity contribution in [2.24, 2.45) is 0 Å². The number of hydrogen-bond acceptors (Lipinski definition) is 3. The largest absolute Gasteiger partial charge is 0.478 e. The molecule has 110 valence electrons. The topological polar surface area (TPSA) is 40.5 Å². The highest BCUT2D eigenvalue weighted by Gasteiger charge is 2.07. The molecule has 1 N–H and O–H groups in total. The Kier molecular flexibility index (Phi) is 5.17. The quantitative estimate of drug-likeness (QED) is 0.824. The summed E-state index contributed by atoms with van der Waals surface area (Å²) in [6.45, 7) is 2.91. The van der Waals surface area contributed by atoms with Crippen molar-refractivity contribution in [1.29, 1.82) is 0 Å². The molecular formula is C17H19NO2S. The van der Waals surface area contributed by atoms with E-state index in [-0.39, 0.29) is 0 Å². The van der Waals surface area contributed by atoms with E-state index < -0.39 is 5.97 Å². The summed E-state index contributed by atoms with van der Waals surface area (Å²) in [4.78, 5) is 14.2. The van der Waals surface area contributed by atoms with Gasteiger partial charge in [0, 0.05) is 30.2 Å². The molecule has 1 heterocycles. The van der Waals surface area contributed by atoms with E-state index in [1.807, 2.05) is 26.1 Å². The molecule has 21 heavy (non-hydrogen) atoms. The van der Waals surface area contributed by atoms with Gasteiger partial charge in [0.2, 0.25) is 0 Å². The minimum atomic E-state index is -0.927. The molecule has 0 amide bonds. The Morgan fingerprint density at radius 3 is 2.86 bits per heavy atom. The number of aliphatic carboxylic acids is 1. The molecular weight excluding hydrogens is 282 g/mol. The van der Waals surface area contributed by atoms with Gasteiger partial charge < -0.3 is 10.0 Å². The van der Waals surface area contributed by atoms with Gasteiger partial charge in [0.25, 0.3) is 0 Å². The predicted octanol–water partition coefficient (Wildman–Crippen LogP) is 3.83. The second-order valence-electron chi connectivity index (χ2n) is 4.98. The first-order valence-electron chi connectivity index (χ1n) is 6.81. The van der Waals surface area contributed by atoms with E-state index in [1.165, 1.54) is 11.0 Å². The smallest absolute Gasteiger partial charge is 0.328 e. The van der Waals surface area contributed by atoms with Crippen LogP contribution in [0.15, 0.2) is 41.8 Å². The molecule has 4 heteroatoms. The Morgan fingerprint density at radius 2 is 2.19 bits per heavy atom. The molecule has 0 saturated carbocycles. The molecule has 0 spiro atoms. The van der Waals surface area contributed by atoms with Crippen molar-refractivity contribution in [3.8, 4) is 0 Å². The molecule has 0 atom stereocenters. The number of anilines is 1. The molecule has 1 aromatic heterocycles. The van der Waals surface area contributed by atoms with Crippen molar-refractivity contribution in [3.05, 3.63) is 57.8 Å². The van der Waals surface area contributed by atoms with E-state index in [1.54, 1.807) is 17.4 Å². The second-order valence-corrected chi connectivity index (χ2v) is 6.02. The van der Waals surface area contributed by atoms with Gasteiger partial charge in [0.1, 0.15) is 0 Å². The highest BCUT2D eigenvalue weighted by Crippen LogP contribution is 2.23. The van der Waals surface area contributed by atoms with Gasteiger partial charge in [0.15, 0.2) is 0 Å². The van der Waals surface area contributed by atoms with E-state index in [2.05, 4.69) is 28.5 Å². The zero-order valence-electron chi connectivity index (χ0n) is 12.2. The number of carbonyl (C=O) groups is 1. The highest BCUT2D eigenvalue weighted by molar-refractivity contribution is 7.09. The minimum Gasteiger partial charge on any atom is -0.478 e. The van der Waals surface area contributed by atoms with Gasteiger partial charge in [-0.2, -0.15) is 0 Å². The first kappa shape index (κ1) is 15.3. The molecule has 0 bridgehead atoms. The summed E-state index contributed by atoms with van der Waals surface area (Å²) in [6, 6.07) is 10.3. The van der Waals surface area contributed by atoms with Gasteiger partial charge in [-0.15, -0.1) is 11.3 Å². The van der Waals surface area contributed by atoms with Gasteiger partial charge in [-0.25, -0.2) is 4.79 Å². The summed E-state index contributed by atoms with van der Waals surface area (Å²) in [5.74, 6) is -0.927. The standard InChI is InChI=1S/C17H19NO2S/c1-13-5-7-16(14(12-13)6-8-17(19)20)18(2)10-9-15-4-3-11-21-15/h3-8,11-12H,9-10H2,1-2H3,(H,19,20)/b8-6+. The zero-order chi connectivity index (χ0) is 15.2. The molecule has 3 nitrogen and oxygen atoms in total. The summed E-state index contributed by atoms with van der Waals surface area (Å²) < 4.78 is 0. The van der Waals surface area contributed by atoms with Crippen LogP contribution in [0, 0.1) is 6.92 Å². The van der Waals surface area contributed by atoms with Crippen molar-refractivity contribution in [1.82, 2.24) is 0 Å². The maximum absolute atomic E-state index is 10.7. The van der Waals surface area contributed by atoms with Crippen LogP contribution in [-0.2, 0) is 11.2 Å². The van der Waals surface area contributed by atoms with Gasteiger partial charge in [-0.05, 0) is 48.6 Å². The Labute approximate surface area is 129 Å². The molecule has 0 aliphatic heterocycles. The van der Waals surface area contributed by atoms with Gasteiger partial charge in [0.05, 0.1) is 0 Å². The number of aryl methyl sites for hydroxylation is 1. The van der Waals surface area contributed by atoms with Gasteiger partial charge in [-0.1, -0.05) is 17.7 Å². The number of thiophene rings is 1. The fourth-order valence-corrected chi connectivity index (χ4v) is 2.87. The van der Waals surface area contributed by atoms with E-state index in [0.717, 1.165) is 29.8 Å². The van der Waals surface area contributed by atoms with Crippen LogP contribution in [0.2, 0.25) is 0 Å². The maximum atomic E-state index is 10.7. The zero-order valence-corrected chi connectivity index (χ0v) is 13.1. The van der Waals surface area contributed by atoms with Crippen LogP contribution in [0.1, 0.15) is 16.0 Å². The van der Waals surface area contributed by atoms with E-state index in [9.17, 15) is 4.79 Å². The molecule has 0 unspecified atom stereocenters. The lowest BCUT2D eigenvalue weighted by Crippen LogP contribution is -2.20. The van der Waals surface area contributed by atoms with Gasteiger partial charge >= 0.3 is 5.97 Å². The third-order valence-electron chi connectivity index (χ3n) is 3.27. The molecule has 0 radical (unpaired) electrons. The lowest BCUT2D eigenvalue weighted by Gasteiger charge is -2.21. The Balaban J connectivity index is 2.15. The third-order valence-corrected chi connectivity index (χ3v) is 4.21. The maximum Gasteiger partial charge on any atom is 0.328 e. The first-order valence-corrected chi connectivity index (χ1v) is 7.69. The number of hydrogen-bond donors (Lipinski definition) is 1. The molecule has 0 fully saturated rings. The Hall–Kier alpha value is -2.07. The summed E-state index contributed by atoms with van der Waals surface area (Å²) in [5, 5.41) is 10.9. The lowest BCUT2D eigenvalue weighted by molar-refractivity contribution is -0.131. The molecule has 1 aromatic carbocycles. The lowest BCUT2D eigenvalue weighted by atomic mass is 10.1. The summed E-state index contributed by atoms with van der Waals surface area (Å²) >= 11 is 1.76. The number of carboxylic acid groups (broad SMARTS) is 1. The summed E-state index contributed by atoms with van der Waals surface area (Å²) in [6.07, 6.45) is 3.84. The average molecular weight is 301 g/mol. The SMILES string of the molecule is Cc1ccc(N(C)CCc2cccs2)c(/C=C/C(=O)O)c1. The van der Waals surface area contributed by atoms with Crippen molar-refractivity contribution in [3.63, 3.8) is 0 Å². The van der Waals surface area contributed by atoms with Crippen LogP contribution < -0.4 is 4.90 Å². The van der Waals surface area contributed by atoms with Crippen LogP contribution in [0.5, 0.6) is 0 Å². The monoisotopic (exact) mass is 301 g/mol. The first-order chi connectivity index (χ1) is 10.1. The van der Waals surface area contributed by atoms with E-state index in [0.29, 0.717) is 0 Å². The number of likely N-dealkylation sites (N-methyl/N-ethyl adjacent to an activating group) is 1. The molecule has 0 aliphatic rings. The van der Waals surface area contributed by atoms with Crippen LogP contribution in [0.25, 0.3) is 6.08 Å². The number of carboxylic acids is 1. The Morgan fingerprint density at radius 1 is 1.38 bits per heavy atom.